The van der Waals surface area contributed by atoms with Gasteiger partial charge in [0.05, 0.1) is 17.7 Å². The van der Waals surface area contributed by atoms with Gasteiger partial charge in [0.15, 0.2) is 0 Å². The van der Waals surface area contributed by atoms with Gasteiger partial charge in [0.2, 0.25) is 0 Å². The van der Waals surface area contributed by atoms with Gasteiger partial charge in [-0.15, -0.1) is 0 Å². The molecule has 0 aliphatic rings. The van der Waals surface area contributed by atoms with Crippen LogP contribution in [0.25, 0.3) is 0 Å². The molecule has 0 aliphatic heterocycles. The Balaban J connectivity index is 2.22. The van der Waals surface area contributed by atoms with E-state index in [0.717, 1.165) is 5.56 Å². The summed E-state index contributed by atoms with van der Waals surface area (Å²) in [5, 5.41) is 18.2. The third-order valence-electron chi connectivity index (χ3n) is 3.52. The zero-order chi connectivity index (χ0) is 15.4. The minimum Gasteiger partial charge on any atom is -0.508 e. The van der Waals surface area contributed by atoms with Gasteiger partial charge in [0, 0.05) is 12.6 Å². The van der Waals surface area contributed by atoms with Gasteiger partial charge < -0.3 is 10.0 Å². The molecule has 106 valence electrons. The van der Waals surface area contributed by atoms with Gasteiger partial charge in [-0.05, 0) is 42.8 Å². The first-order valence-electron chi connectivity index (χ1n) is 6.59. The second kappa shape index (κ2) is 6.10. The van der Waals surface area contributed by atoms with Crippen molar-refractivity contribution in [2.75, 3.05) is 7.05 Å². The van der Waals surface area contributed by atoms with E-state index >= 15 is 0 Å². The fraction of sp³-hybridized carbons (Fsp3) is 0.176. The average molecular weight is 280 g/mol. The van der Waals surface area contributed by atoms with E-state index in [1.165, 1.54) is 0 Å². The number of hydrogen-bond donors (Lipinski definition) is 1. The molecule has 1 amide bonds. The molecule has 0 spiro atoms. The molecule has 1 unspecified atom stereocenters. The Morgan fingerprint density at radius 2 is 1.90 bits per heavy atom. The van der Waals surface area contributed by atoms with Crippen LogP contribution in [0, 0.1) is 11.3 Å². The van der Waals surface area contributed by atoms with Crippen LogP contribution in [0.1, 0.15) is 34.5 Å². The summed E-state index contributed by atoms with van der Waals surface area (Å²) < 4.78 is 0. The topological polar surface area (TPSA) is 64.3 Å². The van der Waals surface area contributed by atoms with Gasteiger partial charge >= 0.3 is 0 Å². The van der Waals surface area contributed by atoms with Crippen LogP contribution >= 0.6 is 0 Å². The molecule has 0 radical (unpaired) electrons. The number of carbonyl (C=O) groups excluding carboxylic acids is 1. The van der Waals surface area contributed by atoms with Crippen LogP contribution in [-0.2, 0) is 0 Å². The molecule has 0 aliphatic carbocycles. The van der Waals surface area contributed by atoms with Crippen LogP contribution in [0.2, 0.25) is 0 Å². The quantitative estimate of drug-likeness (QED) is 0.939. The van der Waals surface area contributed by atoms with Crippen LogP contribution in [0.3, 0.4) is 0 Å². The summed E-state index contributed by atoms with van der Waals surface area (Å²) in [6, 6.07) is 15.3. The summed E-state index contributed by atoms with van der Waals surface area (Å²) in [4.78, 5) is 14.1. The molecule has 21 heavy (non-hydrogen) atoms. The predicted octanol–water partition coefficient (Wildman–Crippen LogP) is 3.10. The van der Waals surface area contributed by atoms with Crippen molar-refractivity contribution in [1.82, 2.24) is 4.90 Å². The third kappa shape index (κ3) is 3.21. The number of carbonyl (C=O) groups is 1. The highest BCUT2D eigenvalue weighted by atomic mass is 16.3. The first-order chi connectivity index (χ1) is 10.0. The molecule has 2 aromatic carbocycles. The number of phenolic OH excluding ortho intramolecular Hbond substituents is 1. The Hall–Kier alpha value is -2.80. The van der Waals surface area contributed by atoms with Crippen molar-refractivity contribution in [3.05, 3.63) is 65.2 Å². The summed E-state index contributed by atoms with van der Waals surface area (Å²) in [5.41, 5.74) is 1.88. The molecule has 0 bridgehead atoms. The molecule has 0 saturated carbocycles. The normalized spacial score (nSPS) is 11.5. The lowest BCUT2D eigenvalue weighted by Crippen LogP contribution is -2.29. The highest BCUT2D eigenvalue weighted by Gasteiger charge is 2.19. The summed E-state index contributed by atoms with van der Waals surface area (Å²) in [6.07, 6.45) is 0. The van der Waals surface area contributed by atoms with E-state index in [4.69, 9.17) is 5.26 Å². The van der Waals surface area contributed by atoms with Crippen molar-refractivity contribution >= 4 is 5.91 Å². The minimum atomic E-state index is -0.146. The van der Waals surface area contributed by atoms with Crippen molar-refractivity contribution in [2.45, 2.75) is 13.0 Å². The highest BCUT2D eigenvalue weighted by molar-refractivity contribution is 5.94. The zero-order valence-electron chi connectivity index (χ0n) is 11.9. The monoisotopic (exact) mass is 280 g/mol. The molecule has 4 nitrogen and oxygen atoms in total. The lowest BCUT2D eigenvalue weighted by molar-refractivity contribution is 0.0742. The van der Waals surface area contributed by atoms with Crippen molar-refractivity contribution in [2.24, 2.45) is 0 Å². The highest BCUT2D eigenvalue weighted by Crippen LogP contribution is 2.22. The standard InChI is InChI=1S/C17H16N2O2/c1-12(14-6-8-16(20)9-7-14)19(2)17(21)15-5-3-4-13(10-15)11-18/h3-10,12,20H,1-2H3. The van der Waals surface area contributed by atoms with E-state index in [2.05, 4.69) is 0 Å². The Morgan fingerprint density at radius 3 is 2.52 bits per heavy atom. The van der Waals surface area contributed by atoms with E-state index in [1.54, 1.807) is 60.5 Å². The van der Waals surface area contributed by atoms with E-state index in [1.807, 2.05) is 13.0 Å². The van der Waals surface area contributed by atoms with Crippen LogP contribution in [0.15, 0.2) is 48.5 Å². The lowest BCUT2D eigenvalue weighted by atomic mass is 10.1. The molecular formula is C17H16N2O2. The number of nitriles is 1. The molecule has 4 heteroatoms. The second-order valence-electron chi connectivity index (χ2n) is 4.88. The molecular weight excluding hydrogens is 264 g/mol. The first-order valence-corrected chi connectivity index (χ1v) is 6.59. The van der Waals surface area contributed by atoms with E-state index in [9.17, 15) is 9.90 Å². The number of amides is 1. The minimum absolute atomic E-state index is 0.135. The fourth-order valence-corrected chi connectivity index (χ4v) is 2.08. The predicted molar refractivity (Wildman–Crippen MR) is 79.8 cm³/mol. The van der Waals surface area contributed by atoms with Gasteiger partial charge in [-0.1, -0.05) is 18.2 Å². The maximum absolute atomic E-state index is 12.5. The third-order valence-corrected chi connectivity index (χ3v) is 3.52. The van der Waals surface area contributed by atoms with Crippen LogP contribution in [0.4, 0.5) is 0 Å². The molecule has 1 N–H and O–H groups in total. The van der Waals surface area contributed by atoms with Gasteiger partial charge in [0.1, 0.15) is 5.75 Å². The Bertz CT molecular complexity index is 687. The van der Waals surface area contributed by atoms with E-state index in [-0.39, 0.29) is 17.7 Å². The molecule has 0 fully saturated rings. The SMILES string of the molecule is CC(c1ccc(O)cc1)N(C)C(=O)c1cccc(C#N)c1. The van der Waals surface area contributed by atoms with E-state index in [0.29, 0.717) is 11.1 Å². The first kappa shape index (κ1) is 14.6. The lowest BCUT2D eigenvalue weighted by Gasteiger charge is -2.25. The fourth-order valence-electron chi connectivity index (χ4n) is 2.08. The number of phenols is 1. The van der Waals surface area contributed by atoms with E-state index < -0.39 is 0 Å². The van der Waals surface area contributed by atoms with Crippen LogP contribution < -0.4 is 0 Å². The number of rotatable bonds is 3. The van der Waals surface area contributed by atoms with Crippen LogP contribution in [0.5, 0.6) is 5.75 Å². The maximum atomic E-state index is 12.5. The van der Waals surface area contributed by atoms with Gasteiger partial charge in [-0.2, -0.15) is 5.26 Å². The number of benzene rings is 2. The Labute approximate surface area is 123 Å². The van der Waals surface area contributed by atoms with Gasteiger partial charge in [0.25, 0.3) is 5.91 Å². The largest absolute Gasteiger partial charge is 0.508 e. The maximum Gasteiger partial charge on any atom is 0.254 e. The van der Waals surface area contributed by atoms with Crippen molar-refractivity contribution in [1.29, 1.82) is 5.26 Å². The van der Waals surface area contributed by atoms with Gasteiger partial charge in [-0.3, -0.25) is 4.79 Å². The summed E-state index contributed by atoms with van der Waals surface area (Å²) in [6.45, 7) is 1.92. The molecule has 2 rings (SSSR count). The van der Waals surface area contributed by atoms with Crippen molar-refractivity contribution in [3.8, 4) is 11.8 Å². The van der Waals surface area contributed by atoms with Crippen molar-refractivity contribution in [3.63, 3.8) is 0 Å². The molecule has 0 heterocycles. The molecule has 0 aromatic heterocycles. The molecule has 1 atom stereocenters. The Morgan fingerprint density at radius 1 is 1.24 bits per heavy atom. The zero-order valence-corrected chi connectivity index (χ0v) is 11.9. The molecule has 0 saturated heterocycles. The summed E-state index contributed by atoms with van der Waals surface area (Å²) in [7, 11) is 1.72. The number of nitrogens with zero attached hydrogens (tertiary/aromatic N) is 2. The second-order valence-corrected chi connectivity index (χ2v) is 4.88. The van der Waals surface area contributed by atoms with Gasteiger partial charge in [-0.25, -0.2) is 0 Å². The summed E-state index contributed by atoms with van der Waals surface area (Å²) in [5.74, 6) is 0.0503. The number of aromatic hydroxyl groups is 1. The average Bonchev–Trinajstić information content (AvgIpc) is 2.53. The Kier molecular flexibility index (Phi) is 4.24. The van der Waals surface area contributed by atoms with Crippen LogP contribution in [-0.4, -0.2) is 23.0 Å². The molecule has 2 aromatic rings. The summed E-state index contributed by atoms with van der Waals surface area (Å²) >= 11 is 0. The van der Waals surface area contributed by atoms with Crippen molar-refractivity contribution < 1.29 is 9.90 Å². The number of hydrogen-bond acceptors (Lipinski definition) is 3. The smallest absolute Gasteiger partial charge is 0.254 e.